The largest absolute Gasteiger partial charge is 0.477 e. The summed E-state index contributed by atoms with van der Waals surface area (Å²) in [7, 11) is 0. The summed E-state index contributed by atoms with van der Waals surface area (Å²) in [4.78, 5) is 25.8. The van der Waals surface area contributed by atoms with E-state index in [1.807, 2.05) is 34.1 Å². The average Bonchev–Trinajstić information content (AvgIpc) is 3.30. The molecule has 0 radical (unpaired) electrons. The number of carbonyl (C=O) groups is 1. The van der Waals surface area contributed by atoms with E-state index in [-0.39, 0.29) is 23.2 Å². The molecule has 0 aliphatic carbocycles. The quantitative estimate of drug-likeness (QED) is 0.317. The summed E-state index contributed by atoms with van der Waals surface area (Å²) < 4.78 is 44.7. The minimum atomic E-state index is -4.42. The van der Waals surface area contributed by atoms with Gasteiger partial charge >= 0.3 is 6.18 Å². The first kappa shape index (κ1) is 28.5. The zero-order valence-corrected chi connectivity index (χ0v) is 23.4. The van der Waals surface area contributed by atoms with E-state index in [1.165, 1.54) is 12.3 Å². The minimum absolute atomic E-state index is 0.0254. The van der Waals surface area contributed by atoms with Gasteiger partial charge in [0.2, 0.25) is 11.8 Å². The smallest absolute Gasteiger partial charge is 0.417 e. The summed E-state index contributed by atoms with van der Waals surface area (Å²) in [5, 5.41) is 1.17. The number of anilines is 1. The molecule has 2 fully saturated rings. The van der Waals surface area contributed by atoms with Crippen LogP contribution in [-0.2, 0) is 11.0 Å². The SMILES string of the molecule is CC1(COc2ccc(Cl)cn2)CN(C(=O)C2CCN(c3ccc(C(F)(F)F)cn3)CC2)CC1c1ccc(Cl)cc1. The highest BCUT2D eigenvalue weighted by Crippen LogP contribution is 2.44. The van der Waals surface area contributed by atoms with Gasteiger partial charge in [-0.3, -0.25) is 4.79 Å². The molecule has 2 aliphatic rings. The number of benzene rings is 1. The van der Waals surface area contributed by atoms with E-state index < -0.39 is 11.7 Å². The van der Waals surface area contributed by atoms with Gasteiger partial charge in [-0.2, -0.15) is 13.2 Å². The number of likely N-dealkylation sites (tertiary alicyclic amines) is 1. The van der Waals surface area contributed by atoms with Crippen LogP contribution in [0.15, 0.2) is 60.9 Å². The van der Waals surface area contributed by atoms with Crippen molar-refractivity contribution in [3.05, 3.63) is 82.1 Å². The number of halogens is 5. The number of piperidine rings is 1. The number of hydrogen-bond acceptors (Lipinski definition) is 5. The van der Waals surface area contributed by atoms with Crippen LogP contribution in [0.2, 0.25) is 10.0 Å². The van der Waals surface area contributed by atoms with E-state index >= 15 is 0 Å². The molecule has 5 rings (SSSR count). The van der Waals surface area contributed by atoms with Crippen LogP contribution in [0.5, 0.6) is 5.88 Å². The molecule has 0 spiro atoms. The van der Waals surface area contributed by atoms with Crippen LogP contribution in [0.25, 0.3) is 0 Å². The van der Waals surface area contributed by atoms with Crippen LogP contribution >= 0.6 is 23.2 Å². The normalized spacial score (nSPS) is 22.0. The highest BCUT2D eigenvalue weighted by atomic mass is 35.5. The van der Waals surface area contributed by atoms with E-state index in [0.29, 0.717) is 67.4 Å². The number of nitrogens with zero attached hydrogens (tertiary/aromatic N) is 4. The van der Waals surface area contributed by atoms with Gasteiger partial charge in [-0.25, -0.2) is 9.97 Å². The first-order chi connectivity index (χ1) is 19.0. The van der Waals surface area contributed by atoms with Crippen molar-refractivity contribution in [3.63, 3.8) is 0 Å². The van der Waals surface area contributed by atoms with Crippen molar-refractivity contribution in [3.8, 4) is 5.88 Å². The molecule has 4 heterocycles. The zero-order valence-electron chi connectivity index (χ0n) is 21.9. The van der Waals surface area contributed by atoms with Crippen LogP contribution < -0.4 is 9.64 Å². The Labute approximate surface area is 241 Å². The molecule has 2 aliphatic heterocycles. The van der Waals surface area contributed by atoms with Crippen molar-refractivity contribution in [1.82, 2.24) is 14.9 Å². The van der Waals surface area contributed by atoms with Crippen molar-refractivity contribution in [2.45, 2.75) is 31.9 Å². The van der Waals surface area contributed by atoms with E-state index in [0.717, 1.165) is 17.8 Å². The lowest BCUT2D eigenvalue weighted by Gasteiger charge is -2.34. The summed E-state index contributed by atoms with van der Waals surface area (Å²) in [6.45, 7) is 4.64. The monoisotopic (exact) mass is 592 g/mol. The fraction of sp³-hybridized carbons (Fsp3) is 0.414. The summed E-state index contributed by atoms with van der Waals surface area (Å²) in [5.41, 5.74) is -0.0714. The molecule has 1 aromatic carbocycles. The molecule has 0 saturated carbocycles. The first-order valence-electron chi connectivity index (χ1n) is 13.1. The summed E-state index contributed by atoms with van der Waals surface area (Å²) in [6.07, 6.45) is -0.824. The van der Waals surface area contributed by atoms with Crippen LogP contribution in [0.4, 0.5) is 19.0 Å². The number of hydrogen-bond donors (Lipinski definition) is 0. The third kappa shape index (κ3) is 6.31. The number of amides is 1. The fourth-order valence-electron chi connectivity index (χ4n) is 5.61. The number of alkyl halides is 3. The Bertz CT molecular complexity index is 1320. The number of rotatable bonds is 6. The van der Waals surface area contributed by atoms with Crippen LogP contribution in [0, 0.1) is 11.3 Å². The van der Waals surface area contributed by atoms with Crippen molar-refractivity contribution in [1.29, 1.82) is 0 Å². The van der Waals surface area contributed by atoms with Crippen LogP contribution in [-0.4, -0.2) is 53.6 Å². The zero-order chi connectivity index (χ0) is 28.5. The number of pyridine rings is 2. The van der Waals surface area contributed by atoms with Gasteiger partial charge in [0.1, 0.15) is 5.82 Å². The number of ether oxygens (including phenoxy) is 1. The predicted octanol–water partition coefficient (Wildman–Crippen LogP) is 6.73. The number of carbonyl (C=O) groups excluding carboxylic acids is 1. The topological polar surface area (TPSA) is 58.6 Å². The van der Waals surface area contributed by atoms with E-state index in [9.17, 15) is 18.0 Å². The molecular weight excluding hydrogens is 564 g/mol. The first-order valence-corrected chi connectivity index (χ1v) is 13.8. The molecule has 3 aromatic rings. The Morgan fingerprint density at radius 3 is 2.30 bits per heavy atom. The molecule has 6 nitrogen and oxygen atoms in total. The Morgan fingerprint density at radius 1 is 1.00 bits per heavy atom. The molecule has 2 saturated heterocycles. The summed E-state index contributed by atoms with van der Waals surface area (Å²) in [5.74, 6) is 0.903. The minimum Gasteiger partial charge on any atom is -0.477 e. The third-order valence-electron chi connectivity index (χ3n) is 7.87. The second-order valence-electron chi connectivity index (χ2n) is 10.7. The van der Waals surface area contributed by atoms with Gasteiger partial charge < -0.3 is 14.5 Å². The predicted molar refractivity (Wildman–Crippen MR) is 148 cm³/mol. The van der Waals surface area contributed by atoms with E-state index in [2.05, 4.69) is 16.9 Å². The molecule has 2 unspecified atom stereocenters. The highest BCUT2D eigenvalue weighted by molar-refractivity contribution is 6.30. The fourth-order valence-corrected chi connectivity index (χ4v) is 5.85. The lowest BCUT2D eigenvalue weighted by atomic mass is 9.77. The second kappa shape index (κ2) is 11.4. The molecule has 2 atom stereocenters. The molecule has 212 valence electrons. The van der Waals surface area contributed by atoms with Crippen molar-refractivity contribution in [2.75, 3.05) is 37.7 Å². The summed E-state index contributed by atoms with van der Waals surface area (Å²) in [6, 6.07) is 13.6. The second-order valence-corrected chi connectivity index (χ2v) is 11.6. The number of aromatic nitrogens is 2. The molecular formula is C29H29Cl2F3N4O2. The standard InChI is InChI=1S/C29H29Cl2F3N4O2/c1-28(18-40-26-9-7-23(31)15-36-26)17-38(16-24(28)19-2-5-22(30)6-3-19)27(39)20-10-12-37(13-11-20)25-8-4-21(14-35-25)29(32,33)34/h2-9,14-15,20,24H,10-13,16-18H2,1H3. The molecule has 2 aromatic heterocycles. The van der Waals surface area contributed by atoms with E-state index in [1.54, 1.807) is 12.1 Å². The molecule has 0 bridgehead atoms. The Hall–Kier alpha value is -3.04. The average molecular weight is 593 g/mol. The third-order valence-corrected chi connectivity index (χ3v) is 8.35. The van der Waals surface area contributed by atoms with Crippen molar-refractivity contribution in [2.24, 2.45) is 11.3 Å². The van der Waals surface area contributed by atoms with Crippen LogP contribution in [0.1, 0.15) is 36.8 Å². The Morgan fingerprint density at radius 2 is 1.70 bits per heavy atom. The Kier molecular flexibility index (Phi) is 8.15. The van der Waals surface area contributed by atoms with Gasteiger partial charge in [0.05, 0.1) is 17.2 Å². The molecule has 0 N–H and O–H groups in total. The van der Waals surface area contributed by atoms with Gasteiger partial charge in [-0.05, 0) is 48.7 Å². The van der Waals surface area contributed by atoms with Crippen LogP contribution in [0.3, 0.4) is 0 Å². The summed E-state index contributed by atoms with van der Waals surface area (Å²) >= 11 is 12.1. The Balaban J connectivity index is 1.26. The van der Waals surface area contributed by atoms with Gasteiger partial charge in [-0.1, -0.05) is 42.3 Å². The van der Waals surface area contributed by atoms with Crippen molar-refractivity contribution < 1.29 is 22.7 Å². The van der Waals surface area contributed by atoms with Gasteiger partial charge in [0.25, 0.3) is 0 Å². The van der Waals surface area contributed by atoms with E-state index in [4.69, 9.17) is 27.9 Å². The van der Waals surface area contributed by atoms with Gasteiger partial charge in [0, 0.05) is 66.9 Å². The maximum absolute atomic E-state index is 13.7. The maximum atomic E-state index is 13.7. The van der Waals surface area contributed by atoms with Gasteiger partial charge in [0.15, 0.2) is 0 Å². The molecule has 1 amide bonds. The molecule has 11 heteroatoms. The molecule has 40 heavy (non-hydrogen) atoms. The van der Waals surface area contributed by atoms with Crippen molar-refractivity contribution >= 4 is 34.9 Å². The maximum Gasteiger partial charge on any atom is 0.417 e. The lowest BCUT2D eigenvalue weighted by Crippen LogP contribution is -2.43. The highest BCUT2D eigenvalue weighted by Gasteiger charge is 2.47. The lowest BCUT2D eigenvalue weighted by molar-refractivity contribution is -0.138. The van der Waals surface area contributed by atoms with Gasteiger partial charge in [-0.15, -0.1) is 0 Å².